The number of carbonyl (C=O) groups is 1. The van der Waals surface area contributed by atoms with Crippen molar-refractivity contribution in [3.05, 3.63) is 28.8 Å². The third kappa shape index (κ3) is 13.8. The molecule has 0 atom stereocenters. The standard InChI is InChI=1S/C29H50O3/c1-4-6-7-8-9-10-11-12-13-14-15-16-17-18-19-22-32-28(30)21-20-26-23-25(3)29(31)27(5-2)24-26/h23-24,31H,4-22H2,1-3H3. The number of hydrogen-bond donors (Lipinski definition) is 1. The van der Waals surface area contributed by atoms with Crippen LogP contribution in [0.2, 0.25) is 0 Å². The molecule has 0 unspecified atom stereocenters. The average Bonchev–Trinajstić information content (AvgIpc) is 2.79. The van der Waals surface area contributed by atoms with Gasteiger partial charge >= 0.3 is 5.97 Å². The van der Waals surface area contributed by atoms with E-state index in [0.717, 1.165) is 36.0 Å². The van der Waals surface area contributed by atoms with Crippen molar-refractivity contribution in [2.24, 2.45) is 0 Å². The molecule has 0 aliphatic rings. The first-order valence-corrected chi connectivity index (χ1v) is 13.6. The number of aryl methyl sites for hydroxylation is 3. The summed E-state index contributed by atoms with van der Waals surface area (Å²) in [4.78, 5) is 12.0. The van der Waals surface area contributed by atoms with Gasteiger partial charge in [-0.2, -0.15) is 0 Å². The van der Waals surface area contributed by atoms with E-state index in [1.54, 1.807) is 0 Å². The SMILES string of the molecule is CCCCCCCCCCCCCCCCCOC(=O)CCc1cc(C)c(O)c(CC)c1. The fraction of sp³-hybridized carbons (Fsp3) is 0.759. The van der Waals surface area contributed by atoms with Gasteiger partial charge in [0.25, 0.3) is 0 Å². The second kappa shape index (κ2) is 19.0. The summed E-state index contributed by atoms with van der Waals surface area (Å²) in [6.07, 6.45) is 22.0. The number of phenols is 1. The third-order valence-electron chi connectivity index (χ3n) is 6.45. The number of hydrogen-bond acceptors (Lipinski definition) is 3. The molecule has 0 fully saturated rings. The fourth-order valence-corrected chi connectivity index (χ4v) is 4.33. The van der Waals surface area contributed by atoms with Crippen LogP contribution in [0.4, 0.5) is 0 Å². The van der Waals surface area contributed by atoms with Gasteiger partial charge in [-0.25, -0.2) is 0 Å². The predicted molar refractivity (Wildman–Crippen MR) is 136 cm³/mol. The van der Waals surface area contributed by atoms with E-state index in [9.17, 15) is 9.90 Å². The lowest BCUT2D eigenvalue weighted by Crippen LogP contribution is -2.07. The van der Waals surface area contributed by atoms with Crippen LogP contribution in [0.5, 0.6) is 5.75 Å². The van der Waals surface area contributed by atoms with Gasteiger partial charge in [-0.05, 0) is 42.9 Å². The van der Waals surface area contributed by atoms with Crippen molar-refractivity contribution in [3.63, 3.8) is 0 Å². The van der Waals surface area contributed by atoms with Crippen molar-refractivity contribution in [3.8, 4) is 5.75 Å². The lowest BCUT2D eigenvalue weighted by atomic mass is 10.0. The van der Waals surface area contributed by atoms with Gasteiger partial charge in [0.2, 0.25) is 0 Å². The van der Waals surface area contributed by atoms with E-state index in [1.165, 1.54) is 83.5 Å². The number of benzene rings is 1. The summed E-state index contributed by atoms with van der Waals surface area (Å²) in [6, 6.07) is 3.97. The zero-order valence-corrected chi connectivity index (χ0v) is 21.4. The Bertz CT molecular complexity index is 609. The zero-order chi connectivity index (χ0) is 23.4. The van der Waals surface area contributed by atoms with Gasteiger partial charge < -0.3 is 9.84 Å². The number of rotatable bonds is 20. The van der Waals surface area contributed by atoms with Gasteiger partial charge in [-0.3, -0.25) is 4.79 Å². The molecule has 0 saturated carbocycles. The summed E-state index contributed by atoms with van der Waals surface area (Å²) >= 11 is 0. The molecule has 1 N–H and O–H groups in total. The van der Waals surface area contributed by atoms with Gasteiger partial charge in [-0.1, -0.05) is 116 Å². The Hall–Kier alpha value is -1.51. The van der Waals surface area contributed by atoms with Crippen LogP contribution in [0.15, 0.2) is 12.1 Å². The van der Waals surface area contributed by atoms with Gasteiger partial charge in [0, 0.05) is 6.42 Å². The molecule has 0 radical (unpaired) electrons. The first kappa shape index (κ1) is 28.5. The lowest BCUT2D eigenvalue weighted by molar-refractivity contribution is -0.143. The second-order valence-corrected chi connectivity index (χ2v) is 9.44. The quantitative estimate of drug-likeness (QED) is 0.161. The topological polar surface area (TPSA) is 46.5 Å². The lowest BCUT2D eigenvalue weighted by Gasteiger charge is -2.10. The molecule has 32 heavy (non-hydrogen) atoms. The van der Waals surface area contributed by atoms with Crippen molar-refractivity contribution < 1.29 is 14.6 Å². The number of aromatic hydroxyl groups is 1. The Morgan fingerprint density at radius 3 is 1.78 bits per heavy atom. The van der Waals surface area contributed by atoms with Crippen molar-refractivity contribution in [1.82, 2.24) is 0 Å². The van der Waals surface area contributed by atoms with Crippen LogP contribution in [0.25, 0.3) is 0 Å². The van der Waals surface area contributed by atoms with Crippen molar-refractivity contribution in [1.29, 1.82) is 0 Å². The molecule has 0 heterocycles. The predicted octanol–water partition coefficient (Wildman–Crippen LogP) is 8.61. The molecule has 0 amide bonds. The summed E-state index contributed by atoms with van der Waals surface area (Å²) < 4.78 is 5.40. The van der Waals surface area contributed by atoms with E-state index in [-0.39, 0.29) is 5.97 Å². The molecular weight excluding hydrogens is 396 g/mol. The van der Waals surface area contributed by atoms with E-state index >= 15 is 0 Å². The average molecular weight is 447 g/mol. The van der Waals surface area contributed by atoms with Crippen molar-refractivity contribution in [2.75, 3.05) is 6.61 Å². The molecule has 3 nitrogen and oxygen atoms in total. The molecule has 0 aliphatic heterocycles. The van der Waals surface area contributed by atoms with Crippen LogP contribution in [-0.4, -0.2) is 17.7 Å². The van der Waals surface area contributed by atoms with Crippen LogP contribution < -0.4 is 0 Å². The zero-order valence-electron chi connectivity index (χ0n) is 21.4. The Morgan fingerprint density at radius 2 is 1.28 bits per heavy atom. The van der Waals surface area contributed by atoms with E-state index < -0.39 is 0 Å². The summed E-state index contributed by atoms with van der Waals surface area (Å²) in [6.45, 7) is 6.77. The van der Waals surface area contributed by atoms with Crippen LogP contribution >= 0.6 is 0 Å². The summed E-state index contributed by atoms with van der Waals surface area (Å²) in [5.74, 6) is 0.270. The maximum atomic E-state index is 12.0. The third-order valence-corrected chi connectivity index (χ3v) is 6.45. The van der Waals surface area contributed by atoms with Crippen LogP contribution in [0.1, 0.15) is 133 Å². The molecule has 1 aromatic carbocycles. The molecule has 0 saturated heterocycles. The van der Waals surface area contributed by atoms with E-state index in [0.29, 0.717) is 25.2 Å². The minimum absolute atomic E-state index is 0.112. The number of esters is 1. The minimum atomic E-state index is -0.112. The number of ether oxygens (including phenoxy) is 1. The van der Waals surface area contributed by atoms with Gasteiger partial charge in [-0.15, -0.1) is 0 Å². The van der Waals surface area contributed by atoms with Crippen LogP contribution in [0, 0.1) is 6.92 Å². The normalized spacial score (nSPS) is 11.1. The highest BCUT2D eigenvalue weighted by Gasteiger charge is 2.08. The van der Waals surface area contributed by atoms with Crippen molar-refractivity contribution in [2.45, 2.75) is 136 Å². The van der Waals surface area contributed by atoms with Gasteiger partial charge in [0.15, 0.2) is 0 Å². The first-order valence-electron chi connectivity index (χ1n) is 13.6. The van der Waals surface area contributed by atoms with Crippen LogP contribution in [0.3, 0.4) is 0 Å². The monoisotopic (exact) mass is 446 g/mol. The maximum absolute atomic E-state index is 12.0. The highest BCUT2D eigenvalue weighted by Crippen LogP contribution is 2.25. The Balaban J connectivity index is 1.91. The molecule has 0 bridgehead atoms. The summed E-state index contributed by atoms with van der Waals surface area (Å²) in [5.41, 5.74) is 2.93. The number of phenolic OH excluding ortho intramolecular Hbond substituents is 1. The second-order valence-electron chi connectivity index (χ2n) is 9.44. The summed E-state index contributed by atoms with van der Waals surface area (Å²) in [5, 5.41) is 10.0. The largest absolute Gasteiger partial charge is 0.507 e. The molecule has 0 spiro atoms. The Kier molecular flexibility index (Phi) is 16.9. The Labute approximate surface area is 198 Å². The first-order chi connectivity index (χ1) is 15.6. The molecule has 184 valence electrons. The molecular formula is C29H50O3. The molecule has 3 heteroatoms. The molecule has 1 aromatic rings. The number of carbonyl (C=O) groups excluding carboxylic acids is 1. The number of unbranched alkanes of at least 4 members (excludes halogenated alkanes) is 14. The molecule has 0 aromatic heterocycles. The van der Waals surface area contributed by atoms with E-state index in [1.807, 2.05) is 26.0 Å². The van der Waals surface area contributed by atoms with Crippen LogP contribution in [-0.2, 0) is 22.4 Å². The highest BCUT2D eigenvalue weighted by molar-refractivity contribution is 5.69. The maximum Gasteiger partial charge on any atom is 0.306 e. The van der Waals surface area contributed by atoms with Crippen molar-refractivity contribution >= 4 is 5.97 Å². The van der Waals surface area contributed by atoms with E-state index in [2.05, 4.69) is 6.92 Å². The minimum Gasteiger partial charge on any atom is -0.507 e. The molecule has 0 aliphatic carbocycles. The Morgan fingerprint density at radius 1 is 0.781 bits per heavy atom. The fourth-order valence-electron chi connectivity index (χ4n) is 4.33. The van der Waals surface area contributed by atoms with E-state index in [4.69, 9.17) is 4.74 Å². The molecule has 1 rings (SSSR count). The summed E-state index contributed by atoms with van der Waals surface area (Å²) in [7, 11) is 0. The van der Waals surface area contributed by atoms with Gasteiger partial charge in [0.05, 0.1) is 6.61 Å². The van der Waals surface area contributed by atoms with Gasteiger partial charge in [0.1, 0.15) is 5.75 Å². The smallest absolute Gasteiger partial charge is 0.306 e. The highest BCUT2D eigenvalue weighted by atomic mass is 16.5.